The second-order valence-corrected chi connectivity index (χ2v) is 6.38. The molecule has 1 rings (SSSR count). The summed E-state index contributed by atoms with van der Waals surface area (Å²) in [7, 11) is 3.54. The molecular weight excluding hydrogens is 278 g/mol. The molecule has 0 aromatic rings. The van der Waals surface area contributed by atoms with E-state index in [0.717, 1.165) is 12.2 Å². The highest BCUT2D eigenvalue weighted by Crippen LogP contribution is 2.27. The molecule has 0 N–H and O–H groups in total. The van der Waals surface area contributed by atoms with Crippen molar-refractivity contribution in [2.24, 2.45) is 0 Å². The van der Waals surface area contributed by atoms with Gasteiger partial charge in [-0.05, 0) is 18.6 Å². The van der Waals surface area contributed by atoms with Gasteiger partial charge in [-0.2, -0.15) is 0 Å². The summed E-state index contributed by atoms with van der Waals surface area (Å²) in [6.45, 7) is 1.35. The van der Waals surface area contributed by atoms with Gasteiger partial charge >= 0.3 is 0 Å². The standard InChI is InChI=1S/C10H18BrNO2S/c1-12(6-8(11)7-14-2)10(13)9-4-3-5-15-9/h8-9H,3-7H2,1-2H3. The lowest BCUT2D eigenvalue weighted by Gasteiger charge is -2.22. The van der Waals surface area contributed by atoms with E-state index in [1.165, 1.54) is 6.42 Å². The molecule has 15 heavy (non-hydrogen) atoms. The number of methoxy groups -OCH3 is 1. The third-order valence-electron chi connectivity index (χ3n) is 2.40. The minimum atomic E-state index is 0.192. The number of ether oxygens (including phenoxy) is 1. The second-order valence-electron chi connectivity index (χ2n) is 3.77. The molecule has 1 saturated heterocycles. The SMILES string of the molecule is COCC(Br)CN(C)C(=O)C1CCCS1. The Morgan fingerprint density at radius 3 is 3.00 bits per heavy atom. The van der Waals surface area contributed by atoms with Gasteiger partial charge in [-0.25, -0.2) is 0 Å². The van der Waals surface area contributed by atoms with Crippen LogP contribution >= 0.6 is 27.7 Å². The Morgan fingerprint density at radius 1 is 1.73 bits per heavy atom. The van der Waals surface area contributed by atoms with E-state index in [4.69, 9.17) is 4.74 Å². The molecule has 0 aromatic carbocycles. The van der Waals surface area contributed by atoms with E-state index >= 15 is 0 Å². The molecule has 0 aromatic heterocycles. The first-order valence-electron chi connectivity index (χ1n) is 5.14. The van der Waals surface area contributed by atoms with Gasteiger partial charge in [0.1, 0.15) is 0 Å². The molecule has 88 valence electrons. The third kappa shape index (κ3) is 4.33. The third-order valence-corrected chi connectivity index (χ3v) is 4.32. The maximum absolute atomic E-state index is 11.9. The van der Waals surface area contributed by atoms with Gasteiger partial charge < -0.3 is 9.64 Å². The van der Waals surface area contributed by atoms with Crippen LogP contribution in [0.3, 0.4) is 0 Å². The van der Waals surface area contributed by atoms with Gasteiger partial charge in [0.2, 0.25) is 5.91 Å². The highest BCUT2D eigenvalue weighted by molar-refractivity contribution is 9.09. The van der Waals surface area contributed by atoms with E-state index in [2.05, 4.69) is 15.9 Å². The fraction of sp³-hybridized carbons (Fsp3) is 0.900. The smallest absolute Gasteiger partial charge is 0.235 e. The van der Waals surface area contributed by atoms with Crippen molar-refractivity contribution in [1.29, 1.82) is 0 Å². The first kappa shape index (κ1) is 13.3. The number of rotatable bonds is 5. The number of carbonyl (C=O) groups excluding carboxylic acids is 1. The minimum absolute atomic E-state index is 0.192. The predicted molar refractivity (Wildman–Crippen MR) is 67.7 cm³/mol. The average molecular weight is 296 g/mol. The Bertz CT molecular complexity index is 210. The lowest BCUT2D eigenvalue weighted by Crippen LogP contribution is -2.38. The van der Waals surface area contributed by atoms with E-state index in [-0.39, 0.29) is 16.0 Å². The number of carbonyl (C=O) groups is 1. The molecule has 1 fully saturated rings. The van der Waals surface area contributed by atoms with Gasteiger partial charge in [0, 0.05) is 20.7 Å². The lowest BCUT2D eigenvalue weighted by molar-refractivity contribution is -0.129. The number of nitrogens with zero attached hydrogens (tertiary/aromatic N) is 1. The van der Waals surface area contributed by atoms with Crippen molar-refractivity contribution in [2.75, 3.05) is 33.1 Å². The molecule has 5 heteroatoms. The normalized spacial score (nSPS) is 22.7. The Kier molecular flexibility index (Phi) is 6.00. The van der Waals surface area contributed by atoms with Crippen LogP contribution in [0.4, 0.5) is 0 Å². The van der Waals surface area contributed by atoms with E-state index < -0.39 is 0 Å². The highest BCUT2D eigenvalue weighted by Gasteiger charge is 2.26. The van der Waals surface area contributed by atoms with Gasteiger partial charge in [-0.1, -0.05) is 15.9 Å². The number of amides is 1. The molecule has 1 aliphatic rings. The van der Waals surface area contributed by atoms with Crippen LogP contribution in [0.5, 0.6) is 0 Å². The van der Waals surface area contributed by atoms with Gasteiger partial charge in [0.05, 0.1) is 16.7 Å². The monoisotopic (exact) mass is 295 g/mol. The maximum Gasteiger partial charge on any atom is 0.235 e. The number of alkyl halides is 1. The molecule has 1 heterocycles. The quantitative estimate of drug-likeness (QED) is 0.724. The first-order valence-corrected chi connectivity index (χ1v) is 7.11. The fourth-order valence-corrected chi connectivity index (χ4v) is 3.61. The van der Waals surface area contributed by atoms with E-state index in [1.54, 1.807) is 23.8 Å². The van der Waals surface area contributed by atoms with Crippen LogP contribution < -0.4 is 0 Å². The molecule has 2 atom stereocenters. The van der Waals surface area contributed by atoms with Crippen molar-refractivity contribution in [3.63, 3.8) is 0 Å². The van der Waals surface area contributed by atoms with E-state index in [1.807, 2.05) is 7.05 Å². The summed E-state index contributed by atoms with van der Waals surface area (Å²) in [5.74, 6) is 1.39. The van der Waals surface area contributed by atoms with E-state index in [0.29, 0.717) is 13.2 Å². The number of hydrogen-bond donors (Lipinski definition) is 0. The van der Waals surface area contributed by atoms with Crippen molar-refractivity contribution >= 4 is 33.6 Å². The average Bonchev–Trinajstić information content (AvgIpc) is 2.69. The van der Waals surface area contributed by atoms with Crippen LogP contribution in [0.25, 0.3) is 0 Å². The molecule has 0 spiro atoms. The van der Waals surface area contributed by atoms with E-state index in [9.17, 15) is 4.79 Å². The van der Waals surface area contributed by atoms with Crippen molar-refractivity contribution in [3.8, 4) is 0 Å². The lowest BCUT2D eigenvalue weighted by atomic mass is 10.2. The summed E-state index contributed by atoms with van der Waals surface area (Å²) < 4.78 is 5.02. The Morgan fingerprint density at radius 2 is 2.47 bits per heavy atom. The van der Waals surface area contributed by atoms with Crippen LogP contribution in [-0.2, 0) is 9.53 Å². The predicted octanol–water partition coefficient (Wildman–Crippen LogP) is 1.75. The highest BCUT2D eigenvalue weighted by atomic mass is 79.9. The van der Waals surface area contributed by atoms with Crippen LogP contribution in [0, 0.1) is 0 Å². The van der Waals surface area contributed by atoms with Crippen LogP contribution in [0.1, 0.15) is 12.8 Å². The molecule has 0 saturated carbocycles. The van der Waals surface area contributed by atoms with Gasteiger partial charge in [0.25, 0.3) is 0 Å². The summed E-state index contributed by atoms with van der Waals surface area (Å²) in [6.07, 6.45) is 2.20. The van der Waals surface area contributed by atoms with Crippen LogP contribution in [-0.4, -0.2) is 53.9 Å². The van der Waals surface area contributed by atoms with Crippen molar-refractivity contribution in [2.45, 2.75) is 22.9 Å². The zero-order valence-corrected chi connectivity index (χ0v) is 11.6. The molecule has 0 bridgehead atoms. The van der Waals surface area contributed by atoms with Crippen LogP contribution in [0.2, 0.25) is 0 Å². The summed E-state index contributed by atoms with van der Waals surface area (Å²) in [6, 6.07) is 0. The molecular formula is C10H18BrNO2S. The molecule has 0 aliphatic carbocycles. The van der Waals surface area contributed by atoms with Crippen molar-refractivity contribution in [3.05, 3.63) is 0 Å². The Balaban J connectivity index is 2.31. The Labute approximate surface area is 104 Å². The second kappa shape index (κ2) is 6.76. The van der Waals surface area contributed by atoms with Gasteiger partial charge in [-0.15, -0.1) is 11.8 Å². The minimum Gasteiger partial charge on any atom is -0.383 e. The molecule has 1 amide bonds. The zero-order chi connectivity index (χ0) is 11.3. The van der Waals surface area contributed by atoms with Gasteiger partial charge in [0.15, 0.2) is 0 Å². The van der Waals surface area contributed by atoms with Crippen LogP contribution in [0.15, 0.2) is 0 Å². The molecule has 0 radical (unpaired) electrons. The zero-order valence-electron chi connectivity index (χ0n) is 9.24. The summed E-state index contributed by atoms with van der Waals surface area (Å²) in [5.41, 5.74) is 0. The summed E-state index contributed by atoms with van der Waals surface area (Å²) in [4.78, 5) is 14.0. The number of halogens is 1. The largest absolute Gasteiger partial charge is 0.383 e. The molecule has 1 aliphatic heterocycles. The summed E-state index contributed by atoms with van der Waals surface area (Å²) in [5, 5.41) is 0.192. The number of hydrogen-bond acceptors (Lipinski definition) is 3. The Hall–Kier alpha value is 0.260. The molecule has 2 unspecified atom stereocenters. The maximum atomic E-state index is 11.9. The molecule has 3 nitrogen and oxygen atoms in total. The van der Waals surface area contributed by atoms with Crippen molar-refractivity contribution < 1.29 is 9.53 Å². The van der Waals surface area contributed by atoms with Crippen molar-refractivity contribution in [1.82, 2.24) is 4.90 Å². The summed E-state index contributed by atoms with van der Waals surface area (Å²) >= 11 is 5.27. The topological polar surface area (TPSA) is 29.5 Å². The van der Waals surface area contributed by atoms with Gasteiger partial charge in [-0.3, -0.25) is 4.79 Å². The fourth-order valence-electron chi connectivity index (χ4n) is 1.64. The first-order chi connectivity index (χ1) is 7.15. The number of thioether (sulfide) groups is 1.